The van der Waals surface area contributed by atoms with Gasteiger partial charge < -0.3 is 29.1 Å². The number of hydrogen-bond donors (Lipinski definition) is 2. The number of sulfone groups is 2. The Balaban J connectivity index is 0.00000870. The van der Waals surface area contributed by atoms with E-state index in [2.05, 4.69) is 28.8 Å². The molecule has 24 nitrogen and oxygen atoms in total. The molecule has 0 aliphatic carbocycles. The van der Waals surface area contributed by atoms with Crippen LogP contribution in [0.2, 0.25) is 0 Å². The minimum Gasteiger partial charge on any atom is -0.744 e. The molecule has 34 heteroatoms. The predicted octanol–water partition coefficient (Wildman–Crippen LogP) is -10.7. The standard InChI is InChI=1S/C26H25N5O19S6.4Na/c27-15-10-20-19(22(11-15)30-29-21-5-4-18(13-23(21)53(37,38)39)52(35,36)9-7-50-56(46,47)48)14-24(54(40,41)42)25(26(20)32)31-28-16-2-1-3-17(12-16)51(33,34)8-6-49-55(43,44)45;;;;/h1-5,10-14,32H,6-9,27H2,(H,37,38,39)(H,40,41,42)(H,43,44,45)(H,46,47,48);;;;/q;4*+1/p-4. The van der Waals surface area contributed by atoms with E-state index in [0.717, 1.165) is 42.5 Å². The number of nitrogens with two attached hydrogens (primary N) is 1. The van der Waals surface area contributed by atoms with Gasteiger partial charge in [-0.3, -0.25) is 8.37 Å². The predicted molar refractivity (Wildman–Crippen MR) is 183 cm³/mol. The normalized spacial score (nSPS) is 12.7. The van der Waals surface area contributed by atoms with Crippen LogP contribution < -0.4 is 124 Å². The SMILES string of the molecule is Nc1cc(N=Nc2ccc(S(=O)(=O)CCOS(=O)(=O)[O-])cc2S(=O)(=O)[O-])c2cc(S(=O)(=O)[O-])c(N=Nc3cccc(S(=O)(=O)CCOS(=O)(=O)[O-])c3)c(O)c2c1.[Na+].[Na+].[Na+].[Na+]. The van der Waals surface area contributed by atoms with Crippen LogP contribution in [0.4, 0.5) is 28.4 Å². The fraction of sp³-hybridized carbons (Fsp3) is 0.154. The third-order valence-electron chi connectivity index (χ3n) is 6.86. The van der Waals surface area contributed by atoms with Crippen molar-refractivity contribution < 1.29 is 200 Å². The van der Waals surface area contributed by atoms with E-state index >= 15 is 0 Å². The average Bonchev–Trinajstić information content (AvgIpc) is 3.04. The fourth-order valence-electron chi connectivity index (χ4n) is 4.47. The molecular formula is C26H21N5Na4O19S6. The monoisotopic (exact) mass is 991 g/mol. The molecule has 0 atom stereocenters. The third kappa shape index (κ3) is 16.8. The first-order valence-electron chi connectivity index (χ1n) is 14.3. The second-order valence-electron chi connectivity index (χ2n) is 10.7. The number of benzene rings is 4. The van der Waals surface area contributed by atoms with Crippen molar-refractivity contribution in [1.29, 1.82) is 0 Å². The van der Waals surface area contributed by atoms with Crippen molar-refractivity contribution in [3.63, 3.8) is 0 Å². The minimum absolute atomic E-state index is 0. The molecule has 0 bridgehead atoms. The Bertz CT molecular complexity index is 2990. The molecule has 0 heterocycles. The minimum atomic E-state index is -5.55. The number of anilines is 1. The number of nitrogen functional groups attached to an aromatic ring is 1. The molecule has 4 rings (SSSR count). The van der Waals surface area contributed by atoms with Gasteiger partial charge in [-0.15, -0.1) is 15.3 Å². The fourth-order valence-corrected chi connectivity index (χ4v) is 8.84. The van der Waals surface area contributed by atoms with Crippen LogP contribution in [0.15, 0.2) is 101 Å². The summed E-state index contributed by atoms with van der Waals surface area (Å²) in [7, 11) is -30.4. The Labute approximate surface area is 431 Å². The zero-order valence-electron chi connectivity index (χ0n) is 31.2. The maximum atomic E-state index is 12.6. The zero-order valence-corrected chi connectivity index (χ0v) is 44.1. The van der Waals surface area contributed by atoms with E-state index in [0.29, 0.717) is 18.2 Å². The number of azo groups is 2. The second-order valence-corrected chi connectivity index (χ2v) is 19.8. The van der Waals surface area contributed by atoms with Gasteiger partial charge in [-0.05, 0) is 54.6 Å². The Hall–Kier alpha value is -0.600. The third-order valence-corrected chi connectivity index (χ3v) is 12.8. The van der Waals surface area contributed by atoms with Crippen molar-refractivity contribution in [1.82, 2.24) is 0 Å². The van der Waals surface area contributed by atoms with Crippen LogP contribution in [-0.2, 0) is 69.1 Å². The molecule has 4 aromatic rings. The molecule has 0 radical (unpaired) electrons. The number of aromatic hydroxyl groups is 1. The molecule has 0 spiro atoms. The maximum Gasteiger partial charge on any atom is 1.00 e. The van der Waals surface area contributed by atoms with E-state index in [1.54, 1.807) is 0 Å². The van der Waals surface area contributed by atoms with Crippen molar-refractivity contribution in [2.45, 2.75) is 19.6 Å². The number of hydrogen-bond acceptors (Lipinski definition) is 24. The van der Waals surface area contributed by atoms with Crippen LogP contribution >= 0.6 is 0 Å². The van der Waals surface area contributed by atoms with Crippen LogP contribution in [0.1, 0.15) is 0 Å². The van der Waals surface area contributed by atoms with Gasteiger partial charge in [0.1, 0.15) is 31.6 Å². The summed E-state index contributed by atoms with van der Waals surface area (Å²) in [6.07, 6.45) is 0. The summed E-state index contributed by atoms with van der Waals surface area (Å²) < 4.78 is 195. The molecule has 0 aromatic heterocycles. The Morgan fingerprint density at radius 1 is 0.550 bits per heavy atom. The number of nitrogens with zero attached hydrogens (tertiary/aromatic N) is 4. The van der Waals surface area contributed by atoms with Crippen molar-refractivity contribution >= 4 is 99.9 Å². The Morgan fingerprint density at radius 2 is 1.05 bits per heavy atom. The van der Waals surface area contributed by atoms with Crippen LogP contribution in [-0.4, -0.2) is 98.5 Å². The molecule has 0 aliphatic heterocycles. The van der Waals surface area contributed by atoms with Crippen molar-refractivity contribution in [3.05, 3.63) is 60.7 Å². The summed E-state index contributed by atoms with van der Waals surface area (Å²) in [4.78, 5) is -3.80. The van der Waals surface area contributed by atoms with Gasteiger partial charge in [-0.25, -0.2) is 50.5 Å². The molecule has 0 saturated carbocycles. The number of phenolic OH excluding ortho intramolecular Hbond substituents is 1. The zero-order chi connectivity index (χ0) is 42.1. The van der Waals surface area contributed by atoms with Gasteiger partial charge in [-0.1, -0.05) is 6.07 Å². The van der Waals surface area contributed by atoms with Gasteiger partial charge in [-0.2, -0.15) is 5.11 Å². The summed E-state index contributed by atoms with van der Waals surface area (Å²) in [6.45, 7) is -2.17. The van der Waals surface area contributed by atoms with E-state index in [4.69, 9.17) is 5.73 Å². The Morgan fingerprint density at radius 3 is 1.55 bits per heavy atom. The Kier molecular flexibility index (Phi) is 22.8. The van der Waals surface area contributed by atoms with E-state index in [1.807, 2.05) is 0 Å². The second kappa shape index (κ2) is 23.0. The van der Waals surface area contributed by atoms with Gasteiger partial charge in [0.15, 0.2) is 25.4 Å². The van der Waals surface area contributed by atoms with E-state index in [-0.39, 0.29) is 140 Å². The van der Waals surface area contributed by atoms with Crippen LogP contribution in [0.3, 0.4) is 0 Å². The van der Waals surface area contributed by atoms with Crippen molar-refractivity contribution in [3.8, 4) is 5.75 Å². The van der Waals surface area contributed by atoms with Crippen LogP contribution in [0.25, 0.3) is 10.8 Å². The molecule has 0 fully saturated rings. The maximum absolute atomic E-state index is 12.6. The largest absolute Gasteiger partial charge is 1.00 e. The molecule has 0 aliphatic rings. The topological polar surface area (TPSA) is 411 Å². The molecule has 60 heavy (non-hydrogen) atoms. The summed E-state index contributed by atoms with van der Waals surface area (Å²) in [5.41, 5.74) is 3.17. The van der Waals surface area contributed by atoms with Crippen molar-refractivity contribution in [2.24, 2.45) is 20.5 Å². The summed E-state index contributed by atoms with van der Waals surface area (Å²) in [5, 5.41) is 25.1. The molecule has 0 unspecified atom stereocenters. The molecule has 0 amide bonds. The van der Waals surface area contributed by atoms with E-state index < -0.39 is 128 Å². The first-order chi connectivity index (χ1) is 25.6. The number of phenols is 1. The van der Waals surface area contributed by atoms with E-state index in [1.165, 1.54) is 0 Å². The number of rotatable bonds is 16. The van der Waals surface area contributed by atoms with Crippen molar-refractivity contribution in [2.75, 3.05) is 30.5 Å². The smallest absolute Gasteiger partial charge is 0.744 e. The average molecular weight is 992 g/mol. The van der Waals surface area contributed by atoms with Crippen LogP contribution in [0.5, 0.6) is 5.75 Å². The molecule has 0 saturated heterocycles. The number of fused-ring (bicyclic) bond motifs is 1. The summed E-state index contributed by atoms with van der Waals surface area (Å²) in [6, 6.07) is 8.76. The van der Waals surface area contributed by atoms with Gasteiger partial charge >= 0.3 is 118 Å². The van der Waals surface area contributed by atoms with Gasteiger partial charge in [0.25, 0.3) is 0 Å². The summed E-state index contributed by atoms with van der Waals surface area (Å²) in [5.74, 6) is -3.14. The van der Waals surface area contributed by atoms with Crippen LogP contribution in [0, 0.1) is 0 Å². The molecular weight excluding hydrogens is 971 g/mol. The van der Waals surface area contributed by atoms with Gasteiger partial charge in [0.05, 0.1) is 55.7 Å². The first kappa shape index (κ1) is 59.4. The van der Waals surface area contributed by atoms with E-state index in [9.17, 15) is 73.8 Å². The molecule has 3 N–H and O–H groups in total. The first-order valence-corrected chi connectivity index (χ1v) is 23.1. The molecule has 304 valence electrons. The quantitative estimate of drug-likeness (QED) is 0.0346. The summed E-state index contributed by atoms with van der Waals surface area (Å²) >= 11 is 0. The van der Waals surface area contributed by atoms with Gasteiger partial charge in [0.2, 0.25) is 20.8 Å². The molecule has 4 aromatic carbocycles. The van der Waals surface area contributed by atoms with Gasteiger partial charge in [0, 0.05) is 16.5 Å².